The van der Waals surface area contributed by atoms with E-state index in [2.05, 4.69) is 0 Å². The molecule has 28 heavy (non-hydrogen) atoms. The summed E-state index contributed by atoms with van der Waals surface area (Å²) in [7, 11) is -2.44. The molecule has 0 amide bonds. The van der Waals surface area contributed by atoms with Crippen molar-refractivity contribution in [2.75, 3.05) is 33.3 Å². The monoisotopic (exact) mass is 409 g/mol. The highest BCUT2D eigenvalue weighted by molar-refractivity contribution is 7.89. The molecule has 150 valence electrons. The van der Waals surface area contributed by atoms with Gasteiger partial charge in [0.25, 0.3) is 5.69 Å². The van der Waals surface area contributed by atoms with Crippen LogP contribution in [0.4, 0.5) is 5.69 Å². The third kappa shape index (κ3) is 4.06. The zero-order valence-corrected chi connectivity index (χ0v) is 15.9. The van der Waals surface area contributed by atoms with Crippen molar-refractivity contribution in [3.05, 3.63) is 58.0 Å². The van der Waals surface area contributed by atoms with E-state index < -0.39 is 20.9 Å². The van der Waals surface area contributed by atoms with Crippen molar-refractivity contribution in [1.29, 1.82) is 0 Å². The first kappa shape index (κ1) is 20.0. The Morgan fingerprint density at radius 1 is 1.18 bits per heavy atom. The number of piperazine rings is 1. The maximum Gasteiger partial charge on any atom is 0.341 e. The minimum Gasteiger partial charge on any atom is -0.467 e. The maximum absolute atomic E-state index is 12.7. The third-order valence-corrected chi connectivity index (χ3v) is 6.45. The molecular weight excluding hydrogens is 390 g/mol. The van der Waals surface area contributed by atoms with Crippen LogP contribution in [0.1, 0.15) is 16.1 Å². The van der Waals surface area contributed by atoms with Crippen LogP contribution in [-0.2, 0) is 21.3 Å². The first-order chi connectivity index (χ1) is 13.3. The lowest BCUT2D eigenvalue weighted by Gasteiger charge is -2.33. The molecule has 1 aromatic carbocycles. The Labute approximate surface area is 161 Å². The summed E-state index contributed by atoms with van der Waals surface area (Å²) >= 11 is 0. The van der Waals surface area contributed by atoms with Gasteiger partial charge in [-0.2, -0.15) is 4.31 Å². The molecule has 1 aromatic heterocycles. The Morgan fingerprint density at radius 2 is 1.82 bits per heavy atom. The van der Waals surface area contributed by atoms with E-state index in [1.807, 2.05) is 4.90 Å². The molecule has 1 aliphatic rings. The number of ether oxygens (including phenoxy) is 1. The average molecular weight is 409 g/mol. The summed E-state index contributed by atoms with van der Waals surface area (Å²) in [5.41, 5.74) is 0.187. The van der Waals surface area contributed by atoms with Gasteiger partial charge in [-0.3, -0.25) is 15.0 Å². The number of nitrogens with zero attached hydrogens (tertiary/aromatic N) is 3. The summed E-state index contributed by atoms with van der Waals surface area (Å²) in [5, 5.41) is 10.7. The highest BCUT2D eigenvalue weighted by Gasteiger charge is 2.29. The number of sulfonamides is 1. The molecule has 11 heteroatoms. The van der Waals surface area contributed by atoms with Crippen LogP contribution in [0.5, 0.6) is 0 Å². The first-order valence-electron chi connectivity index (χ1n) is 8.44. The van der Waals surface area contributed by atoms with Crippen molar-refractivity contribution < 1.29 is 27.3 Å². The summed E-state index contributed by atoms with van der Waals surface area (Å²) in [6.07, 6.45) is 1.41. The van der Waals surface area contributed by atoms with Crippen molar-refractivity contribution in [3.63, 3.8) is 0 Å². The molecule has 0 spiro atoms. The number of nitro benzene ring substituents is 1. The smallest absolute Gasteiger partial charge is 0.341 e. The van der Waals surface area contributed by atoms with Gasteiger partial charge in [0.2, 0.25) is 10.0 Å². The minimum atomic E-state index is -3.73. The SMILES string of the molecule is COC(=O)c1ccoc1CN1CCN(S(=O)(=O)c2ccc([N+](=O)[O-])cc2)CC1. The van der Waals surface area contributed by atoms with Gasteiger partial charge in [-0.15, -0.1) is 0 Å². The van der Waals surface area contributed by atoms with Crippen LogP contribution in [0.15, 0.2) is 45.9 Å². The normalized spacial score (nSPS) is 16.0. The van der Waals surface area contributed by atoms with Crippen LogP contribution in [0.3, 0.4) is 0 Å². The average Bonchev–Trinajstić information content (AvgIpc) is 3.16. The molecule has 10 nitrogen and oxygen atoms in total. The van der Waals surface area contributed by atoms with Crippen LogP contribution in [-0.4, -0.2) is 61.8 Å². The second-order valence-corrected chi connectivity index (χ2v) is 8.12. The Morgan fingerprint density at radius 3 is 2.39 bits per heavy atom. The molecule has 0 aliphatic carbocycles. The summed E-state index contributed by atoms with van der Waals surface area (Å²) in [6.45, 7) is 1.78. The van der Waals surface area contributed by atoms with Gasteiger partial charge >= 0.3 is 5.97 Å². The summed E-state index contributed by atoms with van der Waals surface area (Å²) in [4.78, 5) is 23.9. The Kier molecular flexibility index (Phi) is 5.77. The predicted octanol–water partition coefficient (Wildman–Crippen LogP) is 1.48. The van der Waals surface area contributed by atoms with E-state index in [0.717, 1.165) is 0 Å². The molecule has 1 saturated heterocycles. The quantitative estimate of drug-likeness (QED) is 0.399. The molecule has 0 atom stereocenters. The number of carbonyl (C=O) groups is 1. The second-order valence-electron chi connectivity index (χ2n) is 6.18. The zero-order valence-electron chi connectivity index (χ0n) is 15.1. The lowest BCUT2D eigenvalue weighted by molar-refractivity contribution is -0.384. The molecule has 3 rings (SSSR count). The molecule has 0 bridgehead atoms. The number of benzene rings is 1. The fourth-order valence-electron chi connectivity index (χ4n) is 2.97. The Balaban J connectivity index is 1.64. The van der Waals surface area contributed by atoms with Gasteiger partial charge in [-0.1, -0.05) is 0 Å². The topological polar surface area (TPSA) is 123 Å². The van der Waals surface area contributed by atoms with E-state index in [-0.39, 0.29) is 23.7 Å². The van der Waals surface area contributed by atoms with Crippen LogP contribution in [0.25, 0.3) is 0 Å². The molecule has 0 N–H and O–H groups in total. The second kappa shape index (κ2) is 8.09. The molecule has 2 heterocycles. The number of hydrogen-bond donors (Lipinski definition) is 0. The number of hydrogen-bond acceptors (Lipinski definition) is 8. The van der Waals surface area contributed by atoms with Gasteiger partial charge in [0.15, 0.2) is 0 Å². The van der Waals surface area contributed by atoms with Gasteiger partial charge in [0, 0.05) is 38.3 Å². The van der Waals surface area contributed by atoms with Gasteiger partial charge in [0.1, 0.15) is 11.3 Å². The van der Waals surface area contributed by atoms with Crippen LogP contribution < -0.4 is 0 Å². The number of furan rings is 1. The number of nitro groups is 1. The van der Waals surface area contributed by atoms with E-state index in [4.69, 9.17) is 9.15 Å². The van der Waals surface area contributed by atoms with E-state index >= 15 is 0 Å². The van der Waals surface area contributed by atoms with Crippen molar-refractivity contribution in [3.8, 4) is 0 Å². The Hall–Kier alpha value is -2.76. The largest absolute Gasteiger partial charge is 0.467 e. The maximum atomic E-state index is 12.7. The summed E-state index contributed by atoms with van der Waals surface area (Å²) in [6, 6.07) is 6.37. The molecule has 0 unspecified atom stereocenters. The highest BCUT2D eigenvalue weighted by Crippen LogP contribution is 2.22. The molecule has 0 radical (unpaired) electrons. The standard InChI is InChI=1S/C17H19N3O7S/c1-26-17(21)15-6-11-27-16(15)12-18-7-9-19(10-8-18)28(24,25)14-4-2-13(3-5-14)20(22)23/h2-6,11H,7-10,12H2,1H3. The summed E-state index contributed by atoms with van der Waals surface area (Å²) in [5.74, 6) is -0.0124. The Bertz CT molecular complexity index is 961. The van der Waals surface area contributed by atoms with Gasteiger partial charge < -0.3 is 9.15 Å². The van der Waals surface area contributed by atoms with E-state index in [1.165, 1.54) is 48.0 Å². The minimum absolute atomic E-state index is 0.0190. The molecule has 1 fully saturated rings. The number of methoxy groups -OCH3 is 1. The number of carbonyl (C=O) groups excluding carboxylic acids is 1. The van der Waals surface area contributed by atoms with Gasteiger partial charge in [-0.25, -0.2) is 13.2 Å². The third-order valence-electron chi connectivity index (χ3n) is 4.53. The van der Waals surface area contributed by atoms with Crippen LogP contribution in [0.2, 0.25) is 0 Å². The fourth-order valence-corrected chi connectivity index (χ4v) is 4.40. The van der Waals surface area contributed by atoms with Crippen molar-refractivity contribution in [2.45, 2.75) is 11.4 Å². The van der Waals surface area contributed by atoms with Crippen LogP contribution in [0, 0.1) is 10.1 Å². The molecular formula is C17H19N3O7S. The van der Waals surface area contributed by atoms with E-state index in [9.17, 15) is 23.3 Å². The van der Waals surface area contributed by atoms with Crippen LogP contribution >= 0.6 is 0 Å². The van der Waals surface area contributed by atoms with Gasteiger partial charge in [-0.05, 0) is 18.2 Å². The highest BCUT2D eigenvalue weighted by atomic mass is 32.2. The molecule has 1 aliphatic heterocycles. The van der Waals surface area contributed by atoms with Crippen molar-refractivity contribution in [1.82, 2.24) is 9.21 Å². The zero-order chi connectivity index (χ0) is 20.3. The molecule has 2 aromatic rings. The van der Waals surface area contributed by atoms with E-state index in [1.54, 1.807) is 0 Å². The lowest BCUT2D eigenvalue weighted by atomic mass is 10.2. The summed E-state index contributed by atoms with van der Waals surface area (Å²) < 4.78 is 36.9. The predicted molar refractivity (Wildman–Crippen MR) is 97.2 cm³/mol. The van der Waals surface area contributed by atoms with E-state index in [0.29, 0.717) is 31.0 Å². The van der Waals surface area contributed by atoms with Gasteiger partial charge in [0.05, 0.1) is 29.7 Å². The number of rotatable bonds is 6. The lowest BCUT2D eigenvalue weighted by Crippen LogP contribution is -2.48. The van der Waals surface area contributed by atoms with Crippen molar-refractivity contribution >= 4 is 21.7 Å². The number of esters is 1. The fraction of sp³-hybridized carbons (Fsp3) is 0.353. The number of non-ortho nitro benzene ring substituents is 1. The first-order valence-corrected chi connectivity index (χ1v) is 9.88. The van der Waals surface area contributed by atoms with Crippen molar-refractivity contribution in [2.24, 2.45) is 0 Å². The molecule has 0 saturated carbocycles.